The van der Waals surface area contributed by atoms with Gasteiger partial charge >= 0.3 is 0 Å². The van der Waals surface area contributed by atoms with Crippen molar-refractivity contribution in [2.24, 2.45) is 0 Å². The quantitative estimate of drug-likeness (QED) is 0.807. The Balaban J connectivity index is 2.58. The molecule has 1 unspecified atom stereocenters. The number of benzene rings is 1. The predicted molar refractivity (Wildman–Crippen MR) is 73.6 cm³/mol. The molecule has 106 valence electrons. The minimum Gasteiger partial charge on any atom is -0.393 e. The van der Waals surface area contributed by atoms with Crippen molar-refractivity contribution in [3.05, 3.63) is 35.4 Å². The number of hydrogen-bond donors (Lipinski definition) is 2. The molecule has 0 radical (unpaired) electrons. The molecule has 0 saturated carbocycles. The van der Waals surface area contributed by atoms with E-state index in [-0.39, 0.29) is 11.7 Å². The van der Waals surface area contributed by atoms with Gasteiger partial charge in [0.25, 0.3) is 5.91 Å². The molecule has 0 spiro atoms. The van der Waals surface area contributed by atoms with Crippen LogP contribution in [-0.2, 0) is 15.6 Å². The molecule has 1 aromatic carbocycles. The van der Waals surface area contributed by atoms with Crippen molar-refractivity contribution in [1.29, 1.82) is 0 Å². The molecule has 0 aromatic heterocycles. The highest BCUT2D eigenvalue weighted by Crippen LogP contribution is 2.08. The number of rotatable bonds is 6. The summed E-state index contributed by atoms with van der Waals surface area (Å²) >= 11 is 0. The van der Waals surface area contributed by atoms with Gasteiger partial charge < -0.3 is 10.4 Å². The Bertz CT molecular complexity index is 520. The number of sulfone groups is 1. The largest absolute Gasteiger partial charge is 0.393 e. The average molecular weight is 285 g/mol. The third kappa shape index (κ3) is 6.35. The average Bonchev–Trinajstić information content (AvgIpc) is 2.27. The van der Waals surface area contributed by atoms with Gasteiger partial charge in [-0.3, -0.25) is 4.79 Å². The number of aliphatic hydroxyl groups is 1. The molecule has 2 N–H and O–H groups in total. The number of hydrogen-bond acceptors (Lipinski definition) is 4. The lowest BCUT2D eigenvalue weighted by Crippen LogP contribution is -2.26. The number of nitrogens with one attached hydrogen (secondary N) is 1. The van der Waals surface area contributed by atoms with Crippen LogP contribution in [0.3, 0.4) is 0 Å². The fourth-order valence-corrected chi connectivity index (χ4v) is 2.35. The van der Waals surface area contributed by atoms with Crippen molar-refractivity contribution in [3.8, 4) is 0 Å². The Kier molecular flexibility index (Phi) is 5.50. The molecule has 1 rings (SSSR count). The summed E-state index contributed by atoms with van der Waals surface area (Å²) < 4.78 is 22.2. The molecule has 1 aromatic rings. The Labute approximate surface area is 113 Å². The summed E-state index contributed by atoms with van der Waals surface area (Å²) in [5.41, 5.74) is 1.13. The van der Waals surface area contributed by atoms with E-state index in [1.165, 1.54) is 6.26 Å². The molecule has 1 atom stereocenters. The zero-order valence-corrected chi connectivity index (χ0v) is 11.9. The normalized spacial score (nSPS) is 13.0. The molecular formula is C13H19NO4S. The fourth-order valence-electron chi connectivity index (χ4n) is 1.55. The molecule has 0 heterocycles. The molecule has 0 bridgehead atoms. The van der Waals surface area contributed by atoms with Crippen LogP contribution in [0.15, 0.2) is 24.3 Å². The third-order valence-corrected chi connectivity index (χ3v) is 3.35. The van der Waals surface area contributed by atoms with Gasteiger partial charge in [0.15, 0.2) is 9.84 Å². The minimum atomic E-state index is -3.06. The molecule has 0 aliphatic heterocycles. The first kappa shape index (κ1) is 15.7. The van der Waals surface area contributed by atoms with E-state index in [9.17, 15) is 13.2 Å². The van der Waals surface area contributed by atoms with Crippen LogP contribution in [0.25, 0.3) is 0 Å². The van der Waals surface area contributed by atoms with Crippen LogP contribution in [-0.4, -0.2) is 38.3 Å². The van der Waals surface area contributed by atoms with Crippen molar-refractivity contribution in [3.63, 3.8) is 0 Å². The molecule has 0 saturated heterocycles. The highest BCUT2D eigenvalue weighted by atomic mass is 32.2. The summed E-state index contributed by atoms with van der Waals surface area (Å²) in [5.74, 6) is -0.261. The summed E-state index contributed by atoms with van der Waals surface area (Å²) in [6, 6.07) is 6.45. The molecule has 0 fully saturated rings. The second-order valence-corrected chi connectivity index (χ2v) is 6.80. The topological polar surface area (TPSA) is 83.5 Å². The molecule has 0 aliphatic carbocycles. The fraction of sp³-hybridized carbons (Fsp3) is 0.462. The van der Waals surface area contributed by atoms with Gasteiger partial charge in [0, 0.05) is 18.4 Å². The van der Waals surface area contributed by atoms with Crippen molar-refractivity contribution in [1.82, 2.24) is 5.32 Å². The lowest BCUT2D eigenvalue weighted by atomic mass is 10.1. The zero-order chi connectivity index (χ0) is 14.5. The van der Waals surface area contributed by atoms with Crippen molar-refractivity contribution < 1.29 is 18.3 Å². The van der Waals surface area contributed by atoms with E-state index in [0.717, 1.165) is 0 Å². The van der Waals surface area contributed by atoms with E-state index in [1.807, 2.05) is 0 Å². The van der Waals surface area contributed by atoms with E-state index in [4.69, 9.17) is 5.11 Å². The van der Waals surface area contributed by atoms with E-state index in [0.29, 0.717) is 24.1 Å². The summed E-state index contributed by atoms with van der Waals surface area (Å²) in [6.07, 6.45) is 1.22. The molecule has 5 nitrogen and oxygen atoms in total. The smallest absolute Gasteiger partial charge is 0.251 e. The molecule has 1 amide bonds. The van der Waals surface area contributed by atoms with Gasteiger partial charge in [0.05, 0.1) is 11.9 Å². The van der Waals surface area contributed by atoms with Crippen LogP contribution >= 0.6 is 0 Å². The highest BCUT2D eigenvalue weighted by molar-refractivity contribution is 7.89. The standard InChI is InChI=1S/C13H19NO4S/c1-10(15)7-8-14-13(16)12-5-3-11(4-6-12)9-19(2,17)18/h3-6,10,15H,7-9H2,1-2H3,(H,14,16). The van der Waals surface area contributed by atoms with E-state index in [2.05, 4.69) is 5.32 Å². The SMILES string of the molecule is CC(O)CCNC(=O)c1ccc(CS(C)(=O)=O)cc1. The Morgan fingerprint density at radius 2 is 1.89 bits per heavy atom. The van der Waals surface area contributed by atoms with Crippen LogP contribution in [0.5, 0.6) is 0 Å². The first-order valence-corrected chi connectivity index (χ1v) is 8.07. The highest BCUT2D eigenvalue weighted by Gasteiger charge is 2.08. The van der Waals surface area contributed by atoms with Crippen molar-refractivity contribution in [2.45, 2.75) is 25.2 Å². The van der Waals surface area contributed by atoms with E-state index < -0.39 is 15.9 Å². The van der Waals surface area contributed by atoms with Gasteiger partial charge in [-0.15, -0.1) is 0 Å². The van der Waals surface area contributed by atoms with Crippen molar-refractivity contribution >= 4 is 15.7 Å². The molecule has 0 aliphatic rings. The predicted octanol–water partition coefficient (Wildman–Crippen LogP) is 0.732. The first-order chi connectivity index (χ1) is 8.78. The Morgan fingerprint density at radius 3 is 2.37 bits per heavy atom. The Hall–Kier alpha value is -1.40. The first-order valence-electron chi connectivity index (χ1n) is 6.01. The van der Waals surface area contributed by atoms with E-state index >= 15 is 0 Å². The molecule has 6 heteroatoms. The van der Waals surface area contributed by atoms with Crippen LogP contribution < -0.4 is 5.32 Å². The van der Waals surface area contributed by atoms with Crippen LogP contribution in [0.1, 0.15) is 29.3 Å². The van der Waals surface area contributed by atoms with Gasteiger partial charge in [-0.1, -0.05) is 12.1 Å². The summed E-state index contributed by atoms with van der Waals surface area (Å²) in [4.78, 5) is 11.7. The number of carbonyl (C=O) groups excluding carboxylic acids is 1. The van der Waals surface area contributed by atoms with Crippen LogP contribution in [0.2, 0.25) is 0 Å². The lowest BCUT2D eigenvalue weighted by molar-refractivity contribution is 0.0945. The van der Waals surface area contributed by atoms with Crippen molar-refractivity contribution in [2.75, 3.05) is 12.8 Å². The second kappa shape index (κ2) is 6.68. The van der Waals surface area contributed by atoms with Crippen LogP contribution in [0, 0.1) is 0 Å². The monoisotopic (exact) mass is 285 g/mol. The van der Waals surface area contributed by atoms with E-state index in [1.54, 1.807) is 31.2 Å². The summed E-state index contributed by atoms with van der Waals surface area (Å²) in [5, 5.41) is 11.8. The maximum Gasteiger partial charge on any atom is 0.251 e. The number of aliphatic hydroxyl groups excluding tert-OH is 1. The maximum absolute atomic E-state index is 11.7. The maximum atomic E-state index is 11.7. The molecular weight excluding hydrogens is 266 g/mol. The van der Waals surface area contributed by atoms with Gasteiger partial charge in [0.1, 0.15) is 0 Å². The van der Waals surface area contributed by atoms with Crippen LogP contribution in [0.4, 0.5) is 0 Å². The molecule has 19 heavy (non-hydrogen) atoms. The van der Waals surface area contributed by atoms with Gasteiger partial charge in [-0.2, -0.15) is 0 Å². The second-order valence-electron chi connectivity index (χ2n) is 4.66. The minimum absolute atomic E-state index is 0.0308. The van der Waals surface area contributed by atoms with Gasteiger partial charge in [-0.05, 0) is 31.0 Å². The Morgan fingerprint density at radius 1 is 1.32 bits per heavy atom. The van der Waals surface area contributed by atoms with Gasteiger partial charge in [-0.25, -0.2) is 8.42 Å². The lowest BCUT2D eigenvalue weighted by Gasteiger charge is -2.07. The van der Waals surface area contributed by atoms with Gasteiger partial charge in [0.2, 0.25) is 0 Å². The number of carbonyl (C=O) groups is 1. The third-order valence-electron chi connectivity index (χ3n) is 2.49. The number of amides is 1. The summed E-state index contributed by atoms with van der Waals surface area (Å²) in [6.45, 7) is 2.06. The summed E-state index contributed by atoms with van der Waals surface area (Å²) in [7, 11) is -3.06. The zero-order valence-electron chi connectivity index (χ0n) is 11.1.